The lowest BCUT2D eigenvalue weighted by Gasteiger charge is -2.17. The average molecular weight is 359 g/mol. The van der Waals surface area contributed by atoms with Gasteiger partial charge in [-0.25, -0.2) is 0 Å². The molecule has 4 unspecified atom stereocenters. The first kappa shape index (κ1) is 22.5. The van der Waals surface area contributed by atoms with Crippen molar-refractivity contribution in [2.24, 2.45) is 0 Å². The highest BCUT2D eigenvalue weighted by Gasteiger charge is 2.16. The van der Waals surface area contributed by atoms with E-state index >= 15 is 0 Å². The standard InChI is InChI=1S/C14H30O6S2/c1-3-11(15)6-19-4-5-20-7-12(16)8-22-10-14(18)13(17)9-21-2/h11-18H,3-10H2,1-2H3. The number of rotatable bonds is 15. The van der Waals surface area contributed by atoms with Gasteiger partial charge in [0.15, 0.2) is 0 Å². The molecule has 0 aromatic carbocycles. The van der Waals surface area contributed by atoms with E-state index in [0.29, 0.717) is 43.5 Å². The molecule has 0 saturated heterocycles. The fraction of sp³-hybridized carbons (Fsp3) is 1.00. The highest BCUT2D eigenvalue weighted by atomic mass is 32.2. The molecule has 6 nitrogen and oxygen atoms in total. The van der Waals surface area contributed by atoms with Crippen LogP contribution in [0.2, 0.25) is 0 Å². The second-order valence-corrected chi connectivity index (χ2v) is 6.98. The summed E-state index contributed by atoms with van der Waals surface area (Å²) in [4.78, 5) is 0. The Morgan fingerprint density at radius 2 is 1.36 bits per heavy atom. The van der Waals surface area contributed by atoms with Crippen molar-refractivity contribution in [3.63, 3.8) is 0 Å². The van der Waals surface area contributed by atoms with Gasteiger partial charge in [-0.1, -0.05) is 6.92 Å². The van der Waals surface area contributed by atoms with Gasteiger partial charge in [0, 0.05) is 17.3 Å². The van der Waals surface area contributed by atoms with Gasteiger partial charge in [-0.15, -0.1) is 0 Å². The number of ether oxygens (including phenoxy) is 2. The molecule has 0 fully saturated rings. The second-order valence-electron chi connectivity index (χ2n) is 4.99. The van der Waals surface area contributed by atoms with Crippen LogP contribution in [0.3, 0.4) is 0 Å². The second kappa shape index (κ2) is 15.0. The summed E-state index contributed by atoms with van der Waals surface area (Å²) in [5, 5.41) is 38.2. The SMILES string of the molecule is CCC(O)COCCOCC(O)CSCC(O)C(O)CSC. The van der Waals surface area contributed by atoms with Crippen molar-refractivity contribution in [2.45, 2.75) is 37.8 Å². The van der Waals surface area contributed by atoms with Gasteiger partial charge in [-0.3, -0.25) is 0 Å². The molecular weight excluding hydrogens is 328 g/mol. The Labute approximate surface area is 141 Å². The molecule has 0 aromatic heterocycles. The topological polar surface area (TPSA) is 99.4 Å². The van der Waals surface area contributed by atoms with Crippen LogP contribution in [-0.4, -0.2) is 94.8 Å². The van der Waals surface area contributed by atoms with Crippen molar-refractivity contribution in [2.75, 3.05) is 49.9 Å². The van der Waals surface area contributed by atoms with Crippen molar-refractivity contribution in [1.82, 2.24) is 0 Å². The van der Waals surface area contributed by atoms with Gasteiger partial charge in [0.25, 0.3) is 0 Å². The van der Waals surface area contributed by atoms with Crippen LogP contribution in [0.25, 0.3) is 0 Å². The Kier molecular flexibility index (Phi) is 15.3. The monoisotopic (exact) mass is 358 g/mol. The van der Waals surface area contributed by atoms with Crippen LogP contribution in [0.5, 0.6) is 0 Å². The van der Waals surface area contributed by atoms with E-state index in [1.54, 1.807) is 0 Å². The van der Waals surface area contributed by atoms with Crippen LogP contribution in [0.4, 0.5) is 0 Å². The van der Waals surface area contributed by atoms with E-state index < -0.39 is 24.4 Å². The van der Waals surface area contributed by atoms with Crippen LogP contribution in [-0.2, 0) is 9.47 Å². The summed E-state index contributed by atoms with van der Waals surface area (Å²) in [5.74, 6) is 1.33. The van der Waals surface area contributed by atoms with Gasteiger partial charge in [0.05, 0.1) is 50.8 Å². The van der Waals surface area contributed by atoms with Crippen molar-refractivity contribution in [3.05, 3.63) is 0 Å². The van der Waals surface area contributed by atoms with Crippen LogP contribution in [0, 0.1) is 0 Å². The summed E-state index contributed by atoms with van der Waals surface area (Å²) in [6, 6.07) is 0. The third-order valence-corrected chi connectivity index (χ3v) is 4.72. The fourth-order valence-electron chi connectivity index (χ4n) is 1.44. The Morgan fingerprint density at radius 1 is 0.818 bits per heavy atom. The molecule has 0 aromatic rings. The van der Waals surface area contributed by atoms with Crippen molar-refractivity contribution >= 4 is 23.5 Å². The minimum absolute atomic E-state index is 0.205. The maximum absolute atomic E-state index is 9.71. The van der Waals surface area contributed by atoms with Gasteiger partial charge in [0.1, 0.15) is 0 Å². The quantitative estimate of drug-likeness (QED) is 0.303. The largest absolute Gasteiger partial charge is 0.391 e. The highest BCUT2D eigenvalue weighted by Crippen LogP contribution is 2.10. The number of aliphatic hydroxyl groups is 4. The van der Waals surface area contributed by atoms with E-state index in [0.717, 1.165) is 0 Å². The minimum Gasteiger partial charge on any atom is -0.391 e. The van der Waals surface area contributed by atoms with Crippen LogP contribution < -0.4 is 0 Å². The summed E-state index contributed by atoms with van der Waals surface area (Å²) in [5.41, 5.74) is 0. The molecule has 22 heavy (non-hydrogen) atoms. The van der Waals surface area contributed by atoms with Gasteiger partial charge in [-0.2, -0.15) is 23.5 Å². The van der Waals surface area contributed by atoms with E-state index in [-0.39, 0.29) is 6.61 Å². The van der Waals surface area contributed by atoms with E-state index in [1.807, 2.05) is 13.2 Å². The van der Waals surface area contributed by atoms with E-state index in [9.17, 15) is 20.4 Å². The summed E-state index contributed by atoms with van der Waals surface area (Å²) in [6.07, 6.45) is -0.0213. The van der Waals surface area contributed by atoms with Gasteiger partial charge in [-0.05, 0) is 12.7 Å². The van der Waals surface area contributed by atoms with E-state index in [1.165, 1.54) is 23.5 Å². The first-order valence-electron chi connectivity index (χ1n) is 7.45. The molecule has 0 radical (unpaired) electrons. The molecule has 0 bridgehead atoms. The minimum atomic E-state index is -0.774. The summed E-state index contributed by atoms with van der Waals surface area (Å²) in [7, 11) is 0. The molecule has 4 atom stereocenters. The first-order chi connectivity index (χ1) is 10.5. The molecule has 0 heterocycles. The summed E-state index contributed by atoms with van der Waals surface area (Å²) >= 11 is 2.87. The van der Waals surface area contributed by atoms with Crippen LogP contribution in [0.1, 0.15) is 13.3 Å². The third kappa shape index (κ3) is 13.0. The molecule has 0 aliphatic rings. The van der Waals surface area contributed by atoms with Crippen molar-refractivity contribution < 1.29 is 29.9 Å². The molecule has 134 valence electrons. The van der Waals surface area contributed by atoms with Gasteiger partial charge < -0.3 is 29.9 Å². The van der Waals surface area contributed by atoms with E-state index in [2.05, 4.69) is 0 Å². The van der Waals surface area contributed by atoms with Crippen LogP contribution >= 0.6 is 23.5 Å². The molecule has 0 aliphatic carbocycles. The third-order valence-electron chi connectivity index (χ3n) is 2.84. The van der Waals surface area contributed by atoms with Crippen molar-refractivity contribution in [1.29, 1.82) is 0 Å². The average Bonchev–Trinajstić information content (AvgIpc) is 2.50. The first-order valence-corrected chi connectivity index (χ1v) is 10.0. The Balaban J connectivity index is 3.44. The lowest BCUT2D eigenvalue weighted by Crippen LogP contribution is -2.31. The normalized spacial score (nSPS) is 17.2. The maximum atomic E-state index is 9.71. The highest BCUT2D eigenvalue weighted by molar-refractivity contribution is 7.99. The Hall–Kier alpha value is 0.460. The zero-order chi connectivity index (χ0) is 16.8. The lowest BCUT2D eigenvalue weighted by molar-refractivity contribution is -0.0134. The fourth-order valence-corrected chi connectivity index (χ4v) is 2.97. The molecule has 8 heteroatoms. The predicted molar refractivity (Wildman–Crippen MR) is 91.7 cm³/mol. The summed E-state index contributed by atoms with van der Waals surface area (Å²) in [6.45, 7) is 3.14. The molecule has 0 spiro atoms. The number of thioether (sulfide) groups is 2. The zero-order valence-electron chi connectivity index (χ0n) is 13.4. The van der Waals surface area contributed by atoms with Gasteiger partial charge in [0.2, 0.25) is 0 Å². The molecule has 0 amide bonds. The molecule has 4 N–H and O–H groups in total. The Morgan fingerprint density at radius 3 is 1.91 bits per heavy atom. The van der Waals surface area contributed by atoms with E-state index in [4.69, 9.17) is 9.47 Å². The van der Waals surface area contributed by atoms with Crippen molar-refractivity contribution in [3.8, 4) is 0 Å². The zero-order valence-corrected chi connectivity index (χ0v) is 15.0. The molecular formula is C14H30O6S2. The molecule has 0 aliphatic heterocycles. The maximum Gasteiger partial charge on any atom is 0.0897 e. The van der Waals surface area contributed by atoms with Gasteiger partial charge >= 0.3 is 0 Å². The lowest BCUT2D eigenvalue weighted by atomic mass is 10.3. The smallest absolute Gasteiger partial charge is 0.0897 e. The number of hydrogen-bond acceptors (Lipinski definition) is 8. The van der Waals surface area contributed by atoms with Crippen LogP contribution in [0.15, 0.2) is 0 Å². The molecule has 0 rings (SSSR count). The number of aliphatic hydroxyl groups excluding tert-OH is 4. The number of hydrogen-bond donors (Lipinski definition) is 4. The predicted octanol–water partition coefficient (Wildman–Crippen LogP) is -0.0306. The molecule has 0 saturated carbocycles. The summed E-state index contributed by atoms with van der Waals surface area (Å²) < 4.78 is 10.5. The Bertz CT molecular complexity index is 247.